The lowest BCUT2D eigenvalue weighted by Gasteiger charge is -2.22. The molecule has 0 fully saturated rings. The Kier molecular flexibility index (Phi) is 6.76. The molecule has 9 nitrogen and oxygen atoms in total. The van der Waals surface area contributed by atoms with Crippen molar-refractivity contribution >= 4 is 35.0 Å². The van der Waals surface area contributed by atoms with E-state index in [9.17, 15) is 14.9 Å². The highest BCUT2D eigenvalue weighted by Crippen LogP contribution is 2.36. The molecule has 0 saturated heterocycles. The summed E-state index contributed by atoms with van der Waals surface area (Å²) >= 11 is 1.26. The minimum absolute atomic E-state index is 0.0504. The van der Waals surface area contributed by atoms with Crippen LogP contribution in [0, 0.1) is 16.0 Å². The molecule has 2 aliphatic rings. The van der Waals surface area contributed by atoms with E-state index in [1.54, 1.807) is 12.2 Å². The molecule has 152 valence electrons. The number of anilines is 1. The normalized spacial score (nSPS) is 20.2. The number of carbonyl (C=O) groups is 1. The third-order valence-electron chi connectivity index (χ3n) is 4.45. The minimum Gasteiger partial charge on any atom is -0.464 e. The van der Waals surface area contributed by atoms with Crippen LogP contribution in [0.2, 0.25) is 0 Å². The van der Waals surface area contributed by atoms with Gasteiger partial charge in [-0.05, 0) is 37.3 Å². The van der Waals surface area contributed by atoms with Gasteiger partial charge in [0, 0.05) is 43.3 Å². The van der Waals surface area contributed by atoms with Crippen molar-refractivity contribution in [3.8, 4) is 0 Å². The third-order valence-corrected chi connectivity index (χ3v) is 5.37. The number of ether oxygens (including phenoxy) is 1. The molecular formula is C19H21N5O4S. The van der Waals surface area contributed by atoms with Crippen LogP contribution < -0.4 is 4.90 Å². The largest absolute Gasteiger partial charge is 0.464 e. The summed E-state index contributed by atoms with van der Waals surface area (Å²) in [6.07, 6.45) is 4.69. The maximum Gasteiger partial charge on any atom is 0.302 e. The van der Waals surface area contributed by atoms with E-state index in [1.165, 1.54) is 24.9 Å². The Hall–Kier alpha value is -3.01. The number of rotatable bonds is 8. The van der Waals surface area contributed by atoms with Crippen molar-refractivity contribution in [2.45, 2.75) is 19.2 Å². The first-order valence-electron chi connectivity index (χ1n) is 9.15. The van der Waals surface area contributed by atoms with Gasteiger partial charge in [0.05, 0.1) is 28.8 Å². The number of hydrogen-bond donors (Lipinski definition) is 0. The molecule has 29 heavy (non-hydrogen) atoms. The summed E-state index contributed by atoms with van der Waals surface area (Å²) in [7, 11) is 0. The first kappa shape index (κ1) is 20.7. The number of nitro groups is 1. The lowest BCUT2D eigenvalue weighted by molar-refractivity contribution is -0.419. The quantitative estimate of drug-likeness (QED) is 0.209. The molecule has 2 atom stereocenters. The number of likely N-dealkylation sites (N-methyl/N-ethyl adjacent to an activating group) is 1. The Morgan fingerprint density at radius 2 is 2.10 bits per heavy atom. The minimum atomic E-state index is -0.413. The summed E-state index contributed by atoms with van der Waals surface area (Å²) in [6.45, 7) is 5.14. The molecule has 1 heterocycles. The molecule has 0 spiro atoms. The van der Waals surface area contributed by atoms with Gasteiger partial charge in [0.1, 0.15) is 12.0 Å². The number of fused-ring (bicyclic) bond motifs is 1. The first-order chi connectivity index (χ1) is 14.0. The number of esters is 1. The van der Waals surface area contributed by atoms with Crippen molar-refractivity contribution in [2.24, 2.45) is 20.5 Å². The second-order valence-corrected chi connectivity index (χ2v) is 7.25. The zero-order valence-corrected chi connectivity index (χ0v) is 16.9. The third kappa shape index (κ3) is 5.29. The summed E-state index contributed by atoms with van der Waals surface area (Å²) in [6, 6.07) is 7.58. The molecule has 0 saturated carbocycles. The molecule has 0 bridgehead atoms. The number of carbonyl (C=O) groups excluding carboxylic acids is 1. The highest BCUT2D eigenvalue weighted by molar-refractivity contribution is 7.99. The fourth-order valence-corrected chi connectivity index (χ4v) is 3.80. The molecule has 0 radical (unpaired) electrons. The highest BCUT2D eigenvalue weighted by atomic mass is 32.2. The Balaban J connectivity index is 1.62. The zero-order valence-electron chi connectivity index (χ0n) is 16.1. The fraction of sp³-hybridized carbons (Fsp3) is 0.368. The van der Waals surface area contributed by atoms with Gasteiger partial charge < -0.3 is 9.64 Å². The predicted octanol–water partition coefficient (Wildman–Crippen LogP) is 3.94. The molecular weight excluding hydrogens is 394 g/mol. The second-order valence-electron chi connectivity index (χ2n) is 6.37. The van der Waals surface area contributed by atoms with Crippen molar-refractivity contribution in [3.63, 3.8) is 0 Å². The number of benzene rings is 1. The van der Waals surface area contributed by atoms with Crippen molar-refractivity contribution < 1.29 is 14.5 Å². The van der Waals surface area contributed by atoms with Gasteiger partial charge in [0.15, 0.2) is 0 Å². The molecule has 0 N–H and O–H groups in total. The van der Waals surface area contributed by atoms with Gasteiger partial charge in [-0.1, -0.05) is 0 Å². The zero-order chi connectivity index (χ0) is 20.8. The summed E-state index contributed by atoms with van der Waals surface area (Å²) in [4.78, 5) is 23.6. The summed E-state index contributed by atoms with van der Waals surface area (Å²) in [5, 5.41) is 19.3. The smallest absolute Gasteiger partial charge is 0.302 e. The Morgan fingerprint density at radius 3 is 2.76 bits per heavy atom. The standard InChI is InChI=1S/C19H21N5O4S/c1-3-23(10-11-28-13(2)25)15-6-4-14(5-7-15)20-21-19-17-12-16(24(26)27)8-9-18(17)22-29-19/h4-9,12,17,19H,3,10-11H2,1-2H3/b21-20+. The maximum absolute atomic E-state index is 11.0. The molecule has 1 aromatic rings. The van der Waals surface area contributed by atoms with E-state index in [1.807, 2.05) is 31.2 Å². The van der Waals surface area contributed by atoms with Crippen LogP contribution in [-0.2, 0) is 9.53 Å². The van der Waals surface area contributed by atoms with Gasteiger partial charge in [-0.3, -0.25) is 14.9 Å². The van der Waals surface area contributed by atoms with Gasteiger partial charge in [0.2, 0.25) is 0 Å². The van der Waals surface area contributed by atoms with Crippen LogP contribution >= 0.6 is 11.9 Å². The molecule has 1 aliphatic carbocycles. The molecule has 1 aliphatic heterocycles. The number of allylic oxidation sites excluding steroid dienone is 2. The van der Waals surface area contributed by atoms with E-state index < -0.39 is 4.92 Å². The average molecular weight is 415 g/mol. The summed E-state index contributed by atoms with van der Waals surface area (Å²) in [5.74, 6) is -0.535. The Bertz CT molecular complexity index is 894. The summed E-state index contributed by atoms with van der Waals surface area (Å²) in [5.41, 5.74) is 2.50. The van der Waals surface area contributed by atoms with Crippen molar-refractivity contribution in [1.29, 1.82) is 0 Å². The van der Waals surface area contributed by atoms with Crippen molar-refractivity contribution in [3.05, 3.63) is 58.3 Å². The van der Waals surface area contributed by atoms with Crippen LogP contribution in [0.1, 0.15) is 13.8 Å². The molecule has 1 aromatic carbocycles. The van der Waals surface area contributed by atoms with Gasteiger partial charge in [-0.25, -0.2) is 4.40 Å². The van der Waals surface area contributed by atoms with Crippen molar-refractivity contribution in [1.82, 2.24) is 0 Å². The first-order valence-corrected chi connectivity index (χ1v) is 9.99. The van der Waals surface area contributed by atoms with E-state index in [2.05, 4.69) is 19.5 Å². The van der Waals surface area contributed by atoms with E-state index in [4.69, 9.17) is 4.74 Å². The second kappa shape index (κ2) is 9.46. The lowest BCUT2D eigenvalue weighted by Crippen LogP contribution is -2.27. The lowest BCUT2D eigenvalue weighted by atomic mass is 9.97. The van der Waals surface area contributed by atoms with Crippen LogP contribution in [-0.4, -0.2) is 41.7 Å². The Morgan fingerprint density at radius 1 is 1.34 bits per heavy atom. The van der Waals surface area contributed by atoms with Gasteiger partial charge in [0.25, 0.3) is 5.70 Å². The van der Waals surface area contributed by atoms with Gasteiger partial charge in [-0.15, -0.1) is 0 Å². The molecule has 0 aromatic heterocycles. The van der Waals surface area contributed by atoms with Crippen LogP contribution in [0.25, 0.3) is 0 Å². The monoisotopic (exact) mass is 415 g/mol. The topological polar surface area (TPSA) is 110 Å². The van der Waals surface area contributed by atoms with Crippen LogP contribution in [0.5, 0.6) is 0 Å². The average Bonchev–Trinajstić information content (AvgIpc) is 3.12. The highest BCUT2D eigenvalue weighted by Gasteiger charge is 2.34. The number of hydrogen-bond acceptors (Lipinski definition) is 9. The summed E-state index contributed by atoms with van der Waals surface area (Å²) < 4.78 is 9.32. The molecule has 3 rings (SSSR count). The fourth-order valence-electron chi connectivity index (χ4n) is 2.94. The Labute approximate surface area is 172 Å². The van der Waals surface area contributed by atoms with Crippen LogP contribution in [0.3, 0.4) is 0 Å². The molecule has 10 heteroatoms. The van der Waals surface area contributed by atoms with E-state index in [0.717, 1.165) is 17.9 Å². The van der Waals surface area contributed by atoms with E-state index in [-0.39, 0.29) is 23.0 Å². The van der Waals surface area contributed by atoms with Crippen molar-refractivity contribution in [2.75, 3.05) is 24.6 Å². The van der Waals surface area contributed by atoms with E-state index in [0.29, 0.717) is 18.8 Å². The SMILES string of the molecule is CCN(CCOC(C)=O)c1ccc(/N=N/C2SN=C3C=CC([N+](=O)[O-])=CC32)cc1. The van der Waals surface area contributed by atoms with Gasteiger partial charge >= 0.3 is 5.97 Å². The van der Waals surface area contributed by atoms with Gasteiger partial charge in [-0.2, -0.15) is 10.2 Å². The maximum atomic E-state index is 11.0. The van der Waals surface area contributed by atoms with E-state index >= 15 is 0 Å². The van der Waals surface area contributed by atoms with Crippen LogP contribution in [0.15, 0.2) is 62.8 Å². The van der Waals surface area contributed by atoms with Crippen LogP contribution in [0.4, 0.5) is 11.4 Å². The number of nitrogens with zero attached hydrogens (tertiary/aromatic N) is 5. The predicted molar refractivity (Wildman–Crippen MR) is 112 cm³/mol. The molecule has 2 unspecified atom stereocenters. The molecule has 0 amide bonds. The number of azo groups is 1.